The summed E-state index contributed by atoms with van der Waals surface area (Å²) < 4.78 is 5.38. The molecule has 0 atom stereocenters. The number of para-hydroxylation sites is 1. The lowest BCUT2D eigenvalue weighted by atomic mass is 10.1. The molecule has 0 unspecified atom stereocenters. The van der Waals surface area contributed by atoms with Gasteiger partial charge in [0.25, 0.3) is 0 Å². The average molecular weight is 417 g/mol. The van der Waals surface area contributed by atoms with Gasteiger partial charge in [0.05, 0.1) is 23.2 Å². The van der Waals surface area contributed by atoms with Gasteiger partial charge in [-0.15, -0.1) is 11.3 Å². The van der Waals surface area contributed by atoms with E-state index in [4.69, 9.17) is 4.74 Å². The second-order valence-corrected chi connectivity index (χ2v) is 7.70. The molecule has 0 aliphatic rings. The third-order valence-electron chi connectivity index (χ3n) is 4.52. The Labute approximate surface area is 177 Å². The summed E-state index contributed by atoms with van der Waals surface area (Å²) in [6.07, 6.45) is 1.88. The molecular weight excluding hydrogens is 398 g/mol. The Balaban J connectivity index is 1.33. The van der Waals surface area contributed by atoms with E-state index in [-0.39, 0.29) is 18.9 Å². The molecule has 4 aromatic rings. The summed E-state index contributed by atoms with van der Waals surface area (Å²) in [5.41, 5.74) is 3.70. The molecule has 4 rings (SSSR count). The number of hydrogen-bond acceptors (Lipinski definition) is 6. The van der Waals surface area contributed by atoms with Crippen LogP contribution in [0.4, 0.5) is 5.69 Å². The smallest absolute Gasteiger partial charge is 0.338 e. The van der Waals surface area contributed by atoms with Gasteiger partial charge < -0.3 is 10.1 Å². The monoisotopic (exact) mass is 417 g/mol. The summed E-state index contributed by atoms with van der Waals surface area (Å²) in [7, 11) is 0. The maximum atomic E-state index is 12.4. The third-order valence-corrected chi connectivity index (χ3v) is 5.42. The highest BCUT2D eigenvalue weighted by Crippen LogP contribution is 2.17. The van der Waals surface area contributed by atoms with Crippen LogP contribution < -0.4 is 5.32 Å². The molecule has 1 amide bonds. The van der Waals surface area contributed by atoms with Crippen molar-refractivity contribution in [2.45, 2.75) is 20.0 Å². The predicted molar refractivity (Wildman–Crippen MR) is 116 cm³/mol. The molecule has 0 radical (unpaired) electrons. The molecule has 0 saturated carbocycles. The van der Waals surface area contributed by atoms with Crippen LogP contribution >= 0.6 is 11.3 Å². The number of nitrogens with one attached hydrogen (secondary N) is 1. The van der Waals surface area contributed by atoms with Crippen molar-refractivity contribution in [2.75, 3.05) is 5.32 Å². The Morgan fingerprint density at radius 1 is 1.10 bits per heavy atom. The summed E-state index contributed by atoms with van der Waals surface area (Å²) in [6.45, 7) is 2.00. The number of nitrogens with zero attached hydrogens (tertiary/aromatic N) is 2. The number of benzene rings is 2. The maximum Gasteiger partial charge on any atom is 0.338 e. The van der Waals surface area contributed by atoms with Crippen LogP contribution in [0.2, 0.25) is 0 Å². The van der Waals surface area contributed by atoms with Crippen molar-refractivity contribution in [3.8, 4) is 0 Å². The number of aromatic nitrogens is 2. The van der Waals surface area contributed by atoms with E-state index in [0.29, 0.717) is 16.3 Å². The number of esters is 1. The quantitative estimate of drug-likeness (QED) is 0.466. The predicted octanol–water partition coefficient (Wildman–Crippen LogP) is 4.54. The van der Waals surface area contributed by atoms with Gasteiger partial charge in [-0.2, -0.15) is 0 Å². The first kappa shape index (κ1) is 19.7. The number of rotatable bonds is 6. The fourth-order valence-corrected chi connectivity index (χ4v) is 3.74. The number of anilines is 1. The first-order valence-electron chi connectivity index (χ1n) is 9.39. The first-order chi connectivity index (χ1) is 14.6. The molecule has 0 bridgehead atoms. The van der Waals surface area contributed by atoms with Crippen molar-refractivity contribution < 1.29 is 14.3 Å². The van der Waals surface area contributed by atoms with E-state index in [2.05, 4.69) is 15.3 Å². The van der Waals surface area contributed by atoms with E-state index < -0.39 is 5.97 Å². The molecule has 6 nitrogen and oxygen atoms in total. The van der Waals surface area contributed by atoms with Crippen molar-refractivity contribution in [1.82, 2.24) is 9.97 Å². The van der Waals surface area contributed by atoms with Gasteiger partial charge in [0.2, 0.25) is 5.91 Å². The SMILES string of the molecule is Cc1ccccc1NC(=O)Cc1nc(COC(=O)c2ccc3ncccc3c2)cs1. The molecule has 1 N–H and O–H groups in total. The molecule has 0 saturated heterocycles. The lowest BCUT2D eigenvalue weighted by Crippen LogP contribution is -2.15. The Morgan fingerprint density at radius 2 is 1.97 bits per heavy atom. The van der Waals surface area contributed by atoms with E-state index in [1.165, 1.54) is 11.3 Å². The zero-order chi connectivity index (χ0) is 20.9. The molecule has 2 aromatic carbocycles. The van der Waals surface area contributed by atoms with Crippen molar-refractivity contribution in [3.05, 3.63) is 88.0 Å². The summed E-state index contributed by atoms with van der Waals surface area (Å²) in [5, 5.41) is 6.24. The second-order valence-electron chi connectivity index (χ2n) is 6.76. The number of amides is 1. The van der Waals surface area contributed by atoms with Crippen LogP contribution in [-0.4, -0.2) is 21.8 Å². The largest absolute Gasteiger partial charge is 0.456 e. The lowest BCUT2D eigenvalue weighted by Gasteiger charge is -2.06. The minimum Gasteiger partial charge on any atom is -0.456 e. The fourth-order valence-electron chi connectivity index (χ4n) is 2.97. The Morgan fingerprint density at radius 3 is 2.83 bits per heavy atom. The van der Waals surface area contributed by atoms with Crippen LogP contribution in [0.1, 0.15) is 26.6 Å². The number of carbonyl (C=O) groups excluding carboxylic acids is 2. The van der Waals surface area contributed by atoms with Gasteiger partial charge in [-0.3, -0.25) is 9.78 Å². The number of hydrogen-bond donors (Lipinski definition) is 1. The third kappa shape index (κ3) is 4.69. The van der Waals surface area contributed by atoms with Gasteiger partial charge in [0.1, 0.15) is 11.6 Å². The molecule has 0 fully saturated rings. The molecule has 150 valence electrons. The van der Waals surface area contributed by atoms with Gasteiger partial charge in [-0.25, -0.2) is 9.78 Å². The van der Waals surface area contributed by atoms with Crippen LogP contribution in [-0.2, 0) is 22.6 Å². The molecule has 0 spiro atoms. The standard InChI is InChI=1S/C23H19N3O3S/c1-15-5-2-3-7-19(15)26-21(27)12-22-25-18(14-30-22)13-29-23(28)17-8-9-20-16(11-17)6-4-10-24-20/h2-11,14H,12-13H2,1H3,(H,26,27). The van der Waals surface area contributed by atoms with E-state index in [1.54, 1.807) is 29.8 Å². The summed E-state index contributed by atoms with van der Waals surface area (Å²) in [4.78, 5) is 33.3. The van der Waals surface area contributed by atoms with Crippen LogP contribution in [0.15, 0.2) is 66.2 Å². The Bertz CT molecular complexity index is 1220. The van der Waals surface area contributed by atoms with Gasteiger partial charge in [0.15, 0.2) is 0 Å². The van der Waals surface area contributed by atoms with Gasteiger partial charge in [0, 0.05) is 22.7 Å². The van der Waals surface area contributed by atoms with Crippen LogP contribution in [0.5, 0.6) is 0 Å². The van der Waals surface area contributed by atoms with E-state index in [0.717, 1.165) is 22.2 Å². The topological polar surface area (TPSA) is 81.2 Å². The zero-order valence-electron chi connectivity index (χ0n) is 16.3. The highest BCUT2D eigenvalue weighted by molar-refractivity contribution is 7.09. The highest BCUT2D eigenvalue weighted by atomic mass is 32.1. The molecule has 7 heteroatoms. The fraction of sp³-hybridized carbons (Fsp3) is 0.130. The zero-order valence-corrected chi connectivity index (χ0v) is 17.1. The highest BCUT2D eigenvalue weighted by Gasteiger charge is 2.12. The van der Waals surface area contributed by atoms with Crippen LogP contribution in [0.3, 0.4) is 0 Å². The molecule has 2 heterocycles. The maximum absolute atomic E-state index is 12.4. The minimum absolute atomic E-state index is 0.0554. The number of fused-ring (bicyclic) bond motifs is 1. The van der Waals surface area contributed by atoms with E-state index in [9.17, 15) is 9.59 Å². The second kappa shape index (κ2) is 8.84. The van der Waals surface area contributed by atoms with E-state index in [1.807, 2.05) is 43.3 Å². The van der Waals surface area contributed by atoms with Gasteiger partial charge in [-0.05, 0) is 42.8 Å². The Kier molecular flexibility index (Phi) is 5.81. The van der Waals surface area contributed by atoms with Crippen LogP contribution in [0.25, 0.3) is 10.9 Å². The lowest BCUT2D eigenvalue weighted by molar-refractivity contribution is -0.115. The summed E-state index contributed by atoms with van der Waals surface area (Å²) in [6, 6.07) is 16.6. The first-order valence-corrected chi connectivity index (χ1v) is 10.3. The van der Waals surface area contributed by atoms with Gasteiger partial charge >= 0.3 is 5.97 Å². The van der Waals surface area contributed by atoms with Crippen LogP contribution in [0, 0.1) is 6.92 Å². The van der Waals surface area contributed by atoms with Crippen molar-refractivity contribution >= 4 is 39.8 Å². The van der Waals surface area contributed by atoms with Crippen molar-refractivity contribution in [1.29, 1.82) is 0 Å². The van der Waals surface area contributed by atoms with Gasteiger partial charge in [-0.1, -0.05) is 24.3 Å². The number of pyridine rings is 1. The normalized spacial score (nSPS) is 10.7. The number of thiazole rings is 1. The number of ether oxygens (including phenoxy) is 1. The van der Waals surface area contributed by atoms with E-state index >= 15 is 0 Å². The Hall–Kier alpha value is -3.58. The number of carbonyl (C=O) groups is 2. The molecule has 30 heavy (non-hydrogen) atoms. The minimum atomic E-state index is -0.424. The summed E-state index contributed by atoms with van der Waals surface area (Å²) >= 11 is 1.37. The molecule has 2 aromatic heterocycles. The average Bonchev–Trinajstić information content (AvgIpc) is 3.20. The van der Waals surface area contributed by atoms with Crippen molar-refractivity contribution in [3.63, 3.8) is 0 Å². The molecule has 0 aliphatic heterocycles. The molecular formula is C23H19N3O3S. The number of aryl methyl sites for hydroxylation is 1. The summed E-state index contributed by atoms with van der Waals surface area (Å²) in [5.74, 6) is -0.556. The van der Waals surface area contributed by atoms with Crippen molar-refractivity contribution in [2.24, 2.45) is 0 Å². The molecule has 0 aliphatic carbocycles.